The maximum Gasteiger partial charge on any atom is 0.216 e. The zero-order chi connectivity index (χ0) is 11.5. The predicted molar refractivity (Wildman–Crippen MR) is 59.3 cm³/mol. The summed E-state index contributed by atoms with van der Waals surface area (Å²) in [5.41, 5.74) is 0. The molecule has 1 N–H and O–H groups in total. The van der Waals surface area contributed by atoms with Crippen molar-refractivity contribution in [2.75, 3.05) is 32.5 Å². The van der Waals surface area contributed by atoms with E-state index in [2.05, 4.69) is 5.32 Å². The summed E-state index contributed by atoms with van der Waals surface area (Å²) in [7, 11) is -1.63. The van der Waals surface area contributed by atoms with Crippen LogP contribution in [0.3, 0.4) is 0 Å². The smallest absolute Gasteiger partial charge is 0.216 e. The number of methoxy groups -OCH3 is 1. The highest BCUT2D eigenvalue weighted by atomic mass is 32.2. The largest absolute Gasteiger partial charge is 0.381 e. The molecule has 1 unspecified atom stereocenters. The fourth-order valence-electron chi connectivity index (χ4n) is 1.62. The summed E-state index contributed by atoms with van der Waals surface area (Å²) in [5.74, 6) is 0.0657. The molecular weight excluding hydrogens is 216 g/mol. The van der Waals surface area contributed by atoms with Crippen molar-refractivity contribution in [1.29, 1.82) is 0 Å². The third-order valence-electron chi connectivity index (χ3n) is 2.57. The quantitative estimate of drug-likeness (QED) is 0.724. The zero-order valence-corrected chi connectivity index (χ0v) is 10.4. The number of hydrogen-bond acceptors (Lipinski definition) is 4. The van der Waals surface area contributed by atoms with E-state index >= 15 is 0 Å². The van der Waals surface area contributed by atoms with E-state index in [1.165, 1.54) is 7.11 Å². The molecule has 1 aliphatic rings. The van der Waals surface area contributed by atoms with Crippen LogP contribution in [0.25, 0.3) is 0 Å². The molecular formula is C9H20N2O3S. The van der Waals surface area contributed by atoms with Crippen LogP contribution >= 0.6 is 0 Å². The molecule has 2 atom stereocenters. The Hall–Kier alpha value is -0.170. The van der Waals surface area contributed by atoms with Crippen molar-refractivity contribution >= 4 is 10.0 Å². The van der Waals surface area contributed by atoms with Crippen molar-refractivity contribution in [3.8, 4) is 0 Å². The van der Waals surface area contributed by atoms with E-state index in [1.54, 1.807) is 11.2 Å². The van der Waals surface area contributed by atoms with Crippen LogP contribution in [0.2, 0.25) is 0 Å². The number of piperazine rings is 1. The lowest BCUT2D eigenvalue weighted by atomic mass is 10.3. The zero-order valence-electron chi connectivity index (χ0n) is 9.56. The normalized spacial score (nSPS) is 26.5. The van der Waals surface area contributed by atoms with Gasteiger partial charge in [-0.2, -0.15) is 4.31 Å². The molecule has 0 bridgehead atoms. The van der Waals surface area contributed by atoms with Crippen molar-refractivity contribution in [3.05, 3.63) is 0 Å². The fraction of sp³-hybridized carbons (Fsp3) is 1.00. The minimum atomic E-state index is -3.16. The maximum atomic E-state index is 11.9. The second-order valence-electron chi connectivity index (χ2n) is 4.04. The Morgan fingerprint density at radius 2 is 2.27 bits per heavy atom. The molecule has 90 valence electrons. The number of nitrogens with one attached hydrogen (secondary N) is 1. The lowest BCUT2D eigenvalue weighted by Crippen LogP contribution is -2.52. The van der Waals surface area contributed by atoms with Gasteiger partial charge >= 0.3 is 0 Å². The minimum absolute atomic E-state index is 0.0657. The number of nitrogens with zero attached hydrogens (tertiary/aromatic N) is 1. The molecule has 0 aromatic carbocycles. The first-order valence-corrected chi connectivity index (χ1v) is 6.80. The molecule has 0 radical (unpaired) electrons. The molecule has 6 heteroatoms. The molecule has 5 nitrogen and oxygen atoms in total. The van der Waals surface area contributed by atoms with E-state index in [1.807, 2.05) is 6.92 Å². The van der Waals surface area contributed by atoms with E-state index < -0.39 is 10.0 Å². The van der Waals surface area contributed by atoms with Crippen LogP contribution in [-0.2, 0) is 14.8 Å². The summed E-state index contributed by atoms with van der Waals surface area (Å²) >= 11 is 0. The van der Waals surface area contributed by atoms with Gasteiger partial charge in [-0.1, -0.05) is 0 Å². The highest BCUT2D eigenvalue weighted by Crippen LogP contribution is 2.08. The molecule has 0 spiro atoms. The number of sulfonamides is 1. The molecule has 1 heterocycles. The molecule has 0 aromatic rings. The van der Waals surface area contributed by atoms with Gasteiger partial charge in [0.25, 0.3) is 0 Å². The summed E-state index contributed by atoms with van der Waals surface area (Å²) in [6.07, 6.45) is -0.250. The van der Waals surface area contributed by atoms with Gasteiger partial charge in [-0.3, -0.25) is 0 Å². The second kappa shape index (κ2) is 5.25. The van der Waals surface area contributed by atoms with Gasteiger partial charge in [0.2, 0.25) is 10.0 Å². The van der Waals surface area contributed by atoms with E-state index in [0.717, 1.165) is 6.54 Å². The molecule has 1 aliphatic heterocycles. The van der Waals surface area contributed by atoms with Crippen LogP contribution in [0.1, 0.15) is 13.8 Å². The first kappa shape index (κ1) is 12.9. The molecule has 0 aliphatic carbocycles. The van der Waals surface area contributed by atoms with Gasteiger partial charge in [0.1, 0.15) is 0 Å². The van der Waals surface area contributed by atoms with Gasteiger partial charge in [0, 0.05) is 32.8 Å². The first-order valence-electron chi connectivity index (χ1n) is 5.19. The molecule has 0 saturated carbocycles. The second-order valence-corrected chi connectivity index (χ2v) is 6.05. The summed E-state index contributed by atoms with van der Waals surface area (Å²) in [6.45, 7) is 5.59. The van der Waals surface area contributed by atoms with Crippen molar-refractivity contribution in [2.24, 2.45) is 0 Å². The summed E-state index contributed by atoms with van der Waals surface area (Å²) in [5, 5.41) is 3.21. The van der Waals surface area contributed by atoms with Gasteiger partial charge in [-0.15, -0.1) is 0 Å². The summed E-state index contributed by atoms with van der Waals surface area (Å²) < 4.78 is 30.4. The van der Waals surface area contributed by atoms with E-state index in [9.17, 15) is 8.42 Å². The summed E-state index contributed by atoms with van der Waals surface area (Å²) in [4.78, 5) is 0. The monoisotopic (exact) mass is 236 g/mol. The lowest BCUT2D eigenvalue weighted by molar-refractivity contribution is 0.134. The highest BCUT2D eigenvalue weighted by molar-refractivity contribution is 7.89. The van der Waals surface area contributed by atoms with Crippen LogP contribution in [-0.4, -0.2) is 57.4 Å². The van der Waals surface area contributed by atoms with Gasteiger partial charge < -0.3 is 10.1 Å². The number of hydrogen-bond donors (Lipinski definition) is 1. The van der Waals surface area contributed by atoms with Crippen LogP contribution in [0, 0.1) is 0 Å². The Morgan fingerprint density at radius 3 is 2.80 bits per heavy atom. The first-order chi connectivity index (χ1) is 6.95. The van der Waals surface area contributed by atoms with Crippen LogP contribution in [0.4, 0.5) is 0 Å². The average Bonchev–Trinajstić information content (AvgIpc) is 2.17. The number of ether oxygens (including phenoxy) is 1. The van der Waals surface area contributed by atoms with Crippen molar-refractivity contribution in [3.63, 3.8) is 0 Å². The average molecular weight is 236 g/mol. The minimum Gasteiger partial charge on any atom is -0.381 e. The Kier molecular flexibility index (Phi) is 4.51. The van der Waals surface area contributed by atoms with Crippen molar-refractivity contribution < 1.29 is 13.2 Å². The number of rotatable bonds is 4. The predicted octanol–water partition coefficient (Wildman–Crippen LogP) is -0.355. The van der Waals surface area contributed by atoms with Crippen LogP contribution in [0.5, 0.6) is 0 Å². The van der Waals surface area contributed by atoms with Crippen LogP contribution in [0.15, 0.2) is 0 Å². The highest BCUT2D eigenvalue weighted by Gasteiger charge is 2.28. The van der Waals surface area contributed by atoms with Gasteiger partial charge in [0.05, 0.1) is 11.9 Å². The molecule has 0 aromatic heterocycles. The Bertz CT molecular complexity index is 292. The van der Waals surface area contributed by atoms with Crippen molar-refractivity contribution in [2.45, 2.75) is 26.0 Å². The van der Waals surface area contributed by atoms with E-state index in [-0.39, 0.29) is 17.9 Å². The van der Waals surface area contributed by atoms with Crippen molar-refractivity contribution in [1.82, 2.24) is 9.62 Å². The SMILES string of the molecule is COC(C)CS(=O)(=O)N1CCN[C@H](C)C1. The summed E-state index contributed by atoms with van der Waals surface area (Å²) in [6, 6.07) is 0.228. The maximum absolute atomic E-state index is 11.9. The van der Waals surface area contributed by atoms with Gasteiger partial charge in [0.15, 0.2) is 0 Å². The molecule has 1 fully saturated rings. The van der Waals surface area contributed by atoms with Crippen LogP contribution < -0.4 is 5.32 Å². The molecule has 1 saturated heterocycles. The molecule has 0 amide bonds. The molecule has 1 rings (SSSR count). The third-order valence-corrected chi connectivity index (χ3v) is 4.58. The fourth-order valence-corrected chi connectivity index (χ4v) is 3.38. The van der Waals surface area contributed by atoms with E-state index in [4.69, 9.17) is 4.74 Å². The van der Waals surface area contributed by atoms with Gasteiger partial charge in [-0.25, -0.2) is 8.42 Å². The topological polar surface area (TPSA) is 58.6 Å². The van der Waals surface area contributed by atoms with Gasteiger partial charge in [-0.05, 0) is 13.8 Å². The Morgan fingerprint density at radius 1 is 1.60 bits per heavy atom. The van der Waals surface area contributed by atoms with E-state index in [0.29, 0.717) is 13.1 Å². The molecule has 15 heavy (non-hydrogen) atoms. The third kappa shape index (κ3) is 3.71. The Labute approximate surface area is 91.8 Å². The lowest BCUT2D eigenvalue weighted by Gasteiger charge is -2.31. The standard InChI is InChI=1S/C9H20N2O3S/c1-8-6-11(5-4-10-8)15(12,13)7-9(2)14-3/h8-10H,4-7H2,1-3H3/t8-,9?/m1/s1. The Balaban J connectivity index is 2.60.